The average Bonchev–Trinajstić information content (AvgIpc) is 1.38. The summed E-state index contributed by atoms with van der Waals surface area (Å²) in [7, 11) is 0. The van der Waals surface area contributed by atoms with Crippen molar-refractivity contribution in [3.8, 4) is 0 Å². The summed E-state index contributed by atoms with van der Waals surface area (Å²) in [6.45, 7) is 0. The Bertz CT molecular complexity index is 53.0. The molecule has 0 spiro atoms. The topological polar surface area (TPSA) is 43.1 Å². The van der Waals surface area contributed by atoms with Crippen LogP contribution in [-0.4, -0.2) is 11.5 Å². The Kier molecular flexibility index (Phi) is 9.65. The largest absolute Gasteiger partial charge is 1.00 e. The van der Waals surface area contributed by atoms with Crippen LogP contribution in [0.5, 0.6) is 0 Å². The molecule has 0 aliphatic heterocycles. The van der Waals surface area contributed by atoms with Gasteiger partial charge < -0.3 is 7.16 Å². The molecule has 0 saturated carbocycles. The summed E-state index contributed by atoms with van der Waals surface area (Å²) in [6.07, 6.45) is 1.64. The van der Waals surface area contributed by atoms with Crippen molar-refractivity contribution >= 4 is 17.0 Å². The van der Waals surface area contributed by atoms with Crippen molar-refractivity contribution < 1.29 is 35.8 Å². The number of rotatable bonds is 0. The summed E-state index contributed by atoms with van der Waals surface area (Å²) in [4.78, 5) is 9.55. The minimum absolute atomic E-state index is 0. The number of nitrogens with two attached hydrogens (primary N) is 1. The van der Waals surface area contributed by atoms with Crippen molar-refractivity contribution in [2.24, 2.45) is 5.73 Å². The quantitative estimate of drug-likeness (QED) is 0.356. The van der Waals surface area contributed by atoms with Crippen LogP contribution >= 0.6 is 11.8 Å². The molecule has 0 aliphatic carbocycles. The molecular weight excluding hydrogens is 109 g/mol. The van der Waals surface area contributed by atoms with Crippen molar-refractivity contribution in [1.82, 2.24) is 0 Å². The average molecular weight is 115 g/mol. The van der Waals surface area contributed by atoms with Crippen molar-refractivity contribution in [3.05, 3.63) is 0 Å². The second-order valence-electron chi connectivity index (χ2n) is 0.523. The molecule has 32 valence electrons. The molecule has 0 saturated heterocycles. The van der Waals surface area contributed by atoms with E-state index in [0.717, 1.165) is 11.8 Å². The third-order valence-corrected chi connectivity index (χ3v) is 0.604. The summed E-state index contributed by atoms with van der Waals surface area (Å²) in [5.74, 6) is 0. The molecule has 0 aromatic heterocycles. The maximum Gasteiger partial charge on any atom is 1.00 e. The van der Waals surface area contributed by atoms with Crippen molar-refractivity contribution in [2.75, 3.05) is 6.26 Å². The zero-order valence-electron chi connectivity index (χ0n) is 4.89. The number of hydrogen-bond acceptors (Lipinski definition) is 2. The third kappa shape index (κ3) is 8.84. The maximum atomic E-state index is 9.55. The third-order valence-electron chi connectivity index (χ3n) is 0.201. The first-order valence-corrected chi connectivity index (χ1v) is 2.33. The molecule has 0 fully saturated rings. The zero-order valence-corrected chi connectivity index (χ0v) is 6.71. The molecule has 0 heterocycles. The molecule has 0 rings (SSSR count). The molecule has 0 aromatic carbocycles. The van der Waals surface area contributed by atoms with Crippen LogP contribution in [0.2, 0.25) is 0 Å². The molecule has 1 amide bonds. The number of carbonyl (C=O) groups is 1. The van der Waals surface area contributed by atoms with Crippen LogP contribution in [0.15, 0.2) is 0 Å². The SMILES string of the molecule is CSC(N)=O.[H-].[Na+]. The van der Waals surface area contributed by atoms with Crippen LogP contribution < -0.4 is 35.3 Å². The molecule has 6 heavy (non-hydrogen) atoms. The number of carbonyl (C=O) groups excluding carboxylic acids is 1. The van der Waals surface area contributed by atoms with E-state index in [1.165, 1.54) is 0 Å². The van der Waals surface area contributed by atoms with E-state index in [1.807, 2.05) is 0 Å². The van der Waals surface area contributed by atoms with E-state index in [4.69, 9.17) is 0 Å². The fourth-order valence-electron chi connectivity index (χ4n) is 0. The van der Waals surface area contributed by atoms with Gasteiger partial charge in [0, 0.05) is 0 Å². The first kappa shape index (κ1) is 9.94. The van der Waals surface area contributed by atoms with Gasteiger partial charge in [-0.15, -0.1) is 0 Å². The van der Waals surface area contributed by atoms with E-state index < -0.39 is 0 Å². The van der Waals surface area contributed by atoms with Gasteiger partial charge in [0.05, 0.1) is 0 Å². The molecule has 0 radical (unpaired) electrons. The van der Waals surface area contributed by atoms with Gasteiger partial charge in [0.2, 0.25) is 0 Å². The van der Waals surface area contributed by atoms with E-state index in [1.54, 1.807) is 6.26 Å². The first-order chi connectivity index (χ1) is 2.27. The van der Waals surface area contributed by atoms with Crippen LogP contribution in [0.4, 0.5) is 4.79 Å². The number of hydrogen-bond donors (Lipinski definition) is 1. The zero-order chi connectivity index (χ0) is 4.28. The molecule has 0 unspecified atom stereocenters. The van der Waals surface area contributed by atoms with Crippen molar-refractivity contribution in [1.29, 1.82) is 0 Å². The van der Waals surface area contributed by atoms with Gasteiger partial charge in [-0.3, -0.25) is 4.79 Å². The predicted molar refractivity (Wildman–Crippen MR) is 24.2 cm³/mol. The second-order valence-corrected chi connectivity index (χ2v) is 1.33. The molecule has 0 bridgehead atoms. The van der Waals surface area contributed by atoms with Gasteiger partial charge in [0.15, 0.2) is 0 Å². The molecule has 2 N–H and O–H groups in total. The Hall–Kier alpha value is 0.820. The van der Waals surface area contributed by atoms with Gasteiger partial charge in [-0.25, -0.2) is 0 Å². The summed E-state index contributed by atoms with van der Waals surface area (Å²) in [5, 5.41) is -0.329. The Labute approximate surface area is 64.6 Å². The fourth-order valence-corrected chi connectivity index (χ4v) is 0. The summed E-state index contributed by atoms with van der Waals surface area (Å²) in [6, 6.07) is 0. The van der Waals surface area contributed by atoms with Crippen molar-refractivity contribution in [2.45, 2.75) is 0 Å². The first-order valence-electron chi connectivity index (χ1n) is 1.11. The van der Waals surface area contributed by atoms with Crippen LogP contribution in [0.1, 0.15) is 1.43 Å². The monoisotopic (exact) mass is 115 g/mol. The Morgan fingerprint density at radius 2 is 2.17 bits per heavy atom. The molecule has 4 heteroatoms. The van der Waals surface area contributed by atoms with Gasteiger partial charge in [-0.1, -0.05) is 11.8 Å². The van der Waals surface area contributed by atoms with Gasteiger partial charge in [0.25, 0.3) is 5.24 Å². The van der Waals surface area contributed by atoms with E-state index in [9.17, 15) is 4.79 Å². The minimum atomic E-state index is -0.329. The standard InChI is InChI=1S/C2H5NOS.Na.H/c1-5-2(3)4;;/h1H3,(H2,3,4);;/q;+1;-1. The van der Waals surface area contributed by atoms with Crippen LogP contribution in [0.25, 0.3) is 0 Å². The van der Waals surface area contributed by atoms with E-state index >= 15 is 0 Å². The van der Waals surface area contributed by atoms with Crippen LogP contribution in [-0.2, 0) is 0 Å². The fraction of sp³-hybridized carbons (Fsp3) is 0.500. The van der Waals surface area contributed by atoms with Gasteiger partial charge in [-0.2, -0.15) is 0 Å². The number of amides is 1. The number of thioether (sulfide) groups is 1. The molecular formula is C2H6NNaOS. The second kappa shape index (κ2) is 5.82. The van der Waals surface area contributed by atoms with Gasteiger partial charge in [-0.05, 0) is 6.26 Å². The number of primary amides is 1. The smallest absolute Gasteiger partial charge is 1.00 e. The van der Waals surface area contributed by atoms with Crippen LogP contribution in [0.3, 0.4) is 0 Å². The Morgan fingerprint density at radius 3 is 2.17 bits per heavy atom. The molecule has 0 atom stereocenters. The van der Waals surface area contributed by atoms with E-state index in [-0.39, 0.29) is 36.2 Å². The Morgan fingerprint density at radius 1 is 2.00 bits per heavy atom. The summed E-state index contributed by atoms with van der Waals surface area (Å²) >= 11 is 1.02. The van der Waals surface area contributed by atoms with Crippen LogP contribution in [0, 0.1) is 0 Å². The molecule has 0 aromatic rings. The van der Waals surface area contributed by atoms with Gasteiger partial charge in [0.1, 0.15) is 0 Å². The summed E-state index contributed by atoms with van der Waals surface area (Å²) < 4.78 is 0. The van der Waals surface area contributed by atoms with E-state index in [2.05, 4.69) is 5.73 Å². The minimum Gasteiger partial charge on any atom is -1.00 e. The normalized spacial score (nSPS) is 6.17. The summed E-state index contributed by atoms with van der Waals surface area (Å²) in [5.41, 5.74) is 4.62. The Balaban J connectivity index is -0.0000000800. The molecule has 2 nitrogen and oxygen atoms in total. The van der Waals surface area contributed by atoms with Crippen molar-refractivity contribution in [3.63, 3.8) is 0 Å². The predicted octanol–water partition coefficient (Wildman–Crippen LogP) is -2.46. The van der Waals surface area contributed by atoms with Gasteiger partial charge >= 0.3 is 29.6 Å². The molecule has 0 aliphatic rings. The van der Waals surface area contributed by atoms with E-state index in [0.29, 0.717) is 0 Å². The maximum absolute atomic E-state index is 9.55.